The minimum absolute atomic E-state index is 0.229. The van der Waals surface area contributed by atoms with Gasteiger partial charge in [-0.15, -0.1) is 5.10 Å². The maximum absolute atomic E-state index is 13.3. The van der Waals surface area contributed by atoms with E-state index in [1.54, 1.807) is 10.8 Å². The number of halogens is 1. The molecule has 0 aliphatic carbocycles. The Labute approximate surface area is 245 Å². The Kier molecular flexibility index (Phi) is 7.75. The molecule has 0 amide bonds. The molecule has 3 heterocycles. The standard InChI is InChI=1S/C32H26ClN5O2S/c1-2-3-18-40-27-16-15-23(19-26(27)33)30-24(21-37(36-30)25-12-8-5-9-13-25)20-28-31(39)38-32(41-28)34-29(35-38)17-14-22-10-6-4-7-11-22/h4-17,19-21H,2-3,18H2,1H3/b17-14+,28-20-. The van der Waals surface area contributed by atoms with Gasteiger partial charge in [0, 0.05) is 17.3 Å². The summed E-state index contributed by atoms with van der Waals surface area (Å²) < 4.78 is 9.50. The highest BCUT2D eigenvalue weighted by atomic mass is 35.5. The maximum Gasteiger partial charge on any atom is 0.291 e. The molecule has 6 rings (SSSR count). The summed E-state index contributed by atoms with van der Waals surface area (Å²) in [5, 5.41) is 9.80. The Hall–Kier alpha value is -4.53. The molecule has 3 aromatic heterocycles. The van der Waals surface area contributed by atoms with Gasteiger partial charge in [0.2, 0.25) is 4.96 Å². The van der Waals surface area contributed by atoms with Crippen LogP contribution in [0.25, 0.3) is 40.1 Å². The fourth-order valence-electron chi connectivity index (χ4n) is 4.32. The van der Waals surface area contributed by atoms with Gasteiger partial charge in [-0.05, 0) is 54.5 Å². The second kappa shape index (κ2) is 11.9. The third-order valence-electron chi connectivity index (χ3n) is 6.43. The summed E-state index contributed by atoms with van der Waals surface area (Å²) in [6.45, 7) is 2.73. The summed E-state index contributed by atoms with van der Waals surface area (Å²) in [6, 6.07) is 25.4. The average Bonchev–Trinajstić information content (AvgIpc) is 3.68. The molecule has 0 aliphatic rings. The highest BCUT2D eigenvalue weighted by Gasteiger charge is 2.15. The van der Waals surface area contributed by atoms with Crippen LogP contribution in [0, 0.1) is 0 Å². The van der Waals surface area contributed by atoms with E-state index in [4.69, 9.17) is 21.4 Å². The SMILES string of the molecule is CCCCOc1ccc(-c2nn(-c3ccccc3)cc2/C=c2\sc3nc(/C=C/c4ccccc4)nn3c2=O)cc1Cl. The molecule has 0 atom stereocenters. The normalized spacial score (nSPS) is 12.1. The summed E-state index contributed by atoms with van der Waals surface area (Å²) >= 11 is 7.89. The van der Waals surface area contributed by atoms with Gasteiger partial charge < -0.3 is 4.74 Å². The Morgan fingerprint density at radius 2 is 1.76 bits per heavy atom. The van der Waals surface area contributed by atoms with Crippen molar-refractivity contribution in [3.8, 4) is 22.7 Å². The lowest BCUT2D eigenvalue weighted by Crippen LogP contribution is -2.23. The topological polar surface area (TPSA) is 74.3 Å². The number of thiazole rings is 1. The lowest BCUT2D eigenvalue weighted by Gasteiger charge is -2.09. The van der Waals surface area contributed by atoms with E-state index in [0.717, 1.165) is 35.2 Å². The van der Waals surface area contributed by atoms with E-state index >= 15 is 0 Å². The van der Waals surface area contributed by atoms with E-state index in [9.17, 15) is 4.79 Å². The van der Waals surface area contributed by atoms with Gasteiger partial charge in [0.15, 0.2) is 5.82 Å². The summed E-state index contributed by atoms with van der Waals surface area (Å²) in [5.74, 6) is 1.12. The number of nitrogens with zero attached hydrogens (tertiary/aromatic N) is 5. The maximum atomic E-state index is 13.3. The van der Waals surface area contributed by atoms with Crippen LogP contribution in [0.5, 0.6) is 5.75 Å². The number of para-hydroxylation sites is 1. The van der Waals surface area contributed by atoms with Crippen LogP contribution in [0.15, 0.2) is 89.9 Å². The molecule has 41 heavy (non-hydrogen) atoms. The van der Waals surface area contributed by atoms with E-state index in [-0.39, 0.29) is 5.56 Å². The van der Waals surface area contributed by atoms with Crippen molar-refractivity contribution in [1.82, 2.24) is 24.4 Å². The molecule has 0 radical (unpaired) electrons. The van der Waals surface area contributed by atoms with Gasteiger partial charge in [0.25, 0.3) is 5.56 Å². The van der Waals surface area contributed by atoms with Crippen molar-refractivity contribution in [2.24, 2.45) is 0 Å². The molecule has 0 fully saturated rings. The van der Waals surface area contributed by atoms with Crippen LogP contribution in [0.2, 0.25) is 5.02 Å². The molecule has 0 N–H and O–H groups in total. The van der Waals surface area contributed by atoms with Gasteiger partial charge in [-0.25, -0.2) is 4.68 Å². The molecular weight excluding hydrogens is 554 g/mol. The number of rotatable bonds is 9. The molecule has 0 saturated carbocycles. The Morgan fingerprint density at radius 1 is 0.976 bits per heavy atom. The number of ether oxygens (including phenoxy) is 1. The zero-order valence-corrected chi connectivity index (χ0v) is 23.8. The second-order valence-electron chi connectivity index (χ2n) is 9.38. The summed E-state index contributed by atoms with van der Waals surface area (Å²) in [7, 11) is 0. The highest BCUT2D eigenvalue weighted by molar-refractivity contribution is 7.15. The fourth-order valence-corrected chi connectivity index (χ4v) is 5.46. The predicted molar refractivity (Wildman–Crippen MR) is 166 cm³/mol. The first-order chi connectivity index (χ1) is 20.1. The van der Waals surface area contributed by atoms with Gasteiger partial charge in [-0.3, -0.25) is 4.79 Å². The molecule has 0 saturated heterocycles. The first-order valence-electron chi connectivity index (χ1n) is 13.3. The third-order valence-corrected chi connectivity index (χ3v) is 7.69. The van der Waals surface area contributed by atoms with E-state index in [1.165, 1.54) is 15.9 Å². The van der Waals surface area contributed by atoms with Gasteiger partial charge in [-0.1, -0.05) is 90.9 Å². The molecular formula is C32H26ClN5O2S. The summed E-state index contributed by atoms with van der Waals surface area (Å²) in [5.41, 5.74) is 3.99. The summed E-state index contributed by atoms with van der Waals surface area (Å²) in [6.07, 6.45) is 9.48. The van der Waals surface area contributed by atoms with E-state index in [1.807, 2.05) is 97.2 Å². The lowest BCUT2D eigenvalue weighted by atomic mass is 10.1. The molecule has 0 unspecified atom stereocenters. The van der Waals surface area contributed by atoms with E-state index in [2.05, 4.69) is 17.0 Å². The van der Waals surface area contributed by atoms with Gasteiger partial charge in [0.05, 0.1) is 21.8 Å². The van der Waals surface area contributed by atoms with Crippen LogP contribution in [-0.2, 0) is 0 Å². The molecule has 6 aromatic rings. The van der Waals surface area contributed by atoms with Crippen molar-refractivity contribution < 1.29 is 4.74 Å². The van der Waals surface area contributed by atoms with Crippen molar-refractivity contribution in [2.45, 2.75) is 19.8 Å². The van der Waals surface area contributed by atoms with Gasteiger partial charge in [-0.2, -0.15) is 14.6 Å². The molecule has 9 heteroatoms. The van der Waals surface area contributed by atoms with E-state index in [0.29, 0.717) is 38.4 Å². The zero-order chi connectivity index (χ0) is 28.2. The number of hydrogen-bond acceptors (Lipinski definition) is 6. The number of aromatic nitrogens is 5. The minimum atomic E-state index is -0.229. The van der Waals surface area contributed by atoms with E-state index < -0.39 is 0 Å². The smallest absolute Gasteiger partial charge is 0.291 e. The fraction of sp³-hybridized carbons (Fsp3) is 0.125. The molecule has 0 bridgehead atoms. The van der Waals surface area contributed by atoms with Crippen molar-refractivity contribution >= 4 is 46.1 Å². The van der Waals surface area contributed by atoms with Crippen LogP contribution in [0.4, 0.5) is 0 Å². The largest absolute Gasteiger partial charge is 0.492 e. The monoisotopic (exact) mass is 579 g/mol. The minimum Gasteiger partial charge on any atom is -0.492 e. The zero-order valence-electron chi connectivity index (χ0n) is 22.3. The second-order valence-corrected chi connectivity index (χ2v) is 10.8. The van der Waals surface area contributed by atoms with Crippen molar-refractivity contribution in [3.63, 3.8) is 0 Å². The Balaban J connectivity index is 1.39. The Morgan fingerprint density at radius 3 is 2.49 bits per heavy atom. The number of hydrogen-bond donors (Lipinski definition) is 0. The lowest BCUT2D eigenvalue weighted by molar-refractivity contribution is 0.309. The van der Waals surface area contributed by atoms with Crippen molar-refractivity contribution in [1.29, 1.82) is 0 Å². The number of benzene rings is 3. The van der Waals surface area contributed by atoms with Crippen LogP contribution in [-0.4, -0.2) is 31.0 Å². The predicted octanol–water partition coefficient (Wildman–Crippen LogP) is 6.55. The van der Waals surface area contributed by atoms with Crippen molar-refractivity contribution in [2.75, 3.05) is 6.61 Å². The Bertz CT molecular complexity index is 1950. The molecule has 204 valence electrons. The van der Waals surface area contributed by atoms with Crippen LogP contribution >= 0.6 is 22.9 Å². The third kappa shape index (κ3) is 5.84. The van der Waals surface area contributed by atoms with Crippen LogP contribution in [0.1, 0.15) is 36.7 Å². The highest BCUT2D eigenvalue weighted by Crippen LogP contribution is 2.32. The first-order valence-corrected chi connectivity index (χ1v) is 14.5. The van der Waals surface area contributed by atoms with Gasteiger partial charge in [0.1, 0.15) is 11.4 Å². The molecule has 3 aromatic carbocycles. The first kappa shape index (κ1) is 26.7. The molecule has 0 aliphatic heterocycles. The van der Waals surface area contributed by atoms with Crippen molar-refractivity contribution in [3.05, 3.63) is 122 Å². The van der Waals surface area contributed by atoms with Crippen LogP contribution < -0.4 is 14.8 Å². The average molecular weight is 580 g/mol. The summed E-state index contributed by atoms with van der Waals surface area (Å²) in [4.78, 5) is 18.4. The quantitative estimate of drug-likeness (QED) is 0.181. The van der Waals surface area contributed by atoms with Gasteiger partial charge >= 0.3 is 0 Å². The number of fused-ring (bicyclic) bond motifs is 1. The van der Waals surface area contributed by atoms with Crippen LogP contribution in [0.3, 0.4) is 0 Å². The molecule has 7 nitrogen and oxygen atoms in total. The molecule has 0 spiro atoms. The number of unbranched alkanes of at least 4 members (excludes halogenated alkanes) is 1.